The summed E-state index contributed by atoms with van der Waals surface area (Å²) in [5, 5.41) is 6.40. The topological polar surface area (TPSA) is 87.5 Å². The molecule has 4 rings (SSSR count). The van der Waals surface area contributed by atoms with E-state index in [4.69, 9.17) is 5.73 Å². The molecule has 2 aromatic rings. The number of hydrogen-bond donors (Lipinski definition) is 3. The highest BCUT2D eigenvalue weighted by Gasteiger charge is 2.33. The van der Waals surface area contributed by atoms with Crippen LogP contribution < -0.4 is 16.4 Å². The van der Waals surface area contributed by atoms with E-state index in [1.807, 2.05) is 48.2 Å². The average molecular weight is 435 g/mol. The number of anilines is 1. The molecule has 2 aliphatic heterocycles. The Labute approximate surface area is 190 Å². The second kappa shape index (κ2) is 10.2. The predicted molar refractivity (Wildman–Crippen MR) is 127 cm³/mol. The summed E-state index contributed by atoms with van der Waals surface area (Å²) in [5.41, 5.74) is 8.68. The Morgan fingerprint density at radius 1 is 1.00 bits per heavy atom. The van der Waals surface area contributed by atoms with E-state index in [1.54, 1.807) is 12.1 Å². The van der Waals surface area contributed by atoms with Crippen molar-refractivity contribution in [1.29, 1.82) is 0 Å². The second-order valence-corrected chi connectivity index (χ2v) is 9.16. The fraction of sp³-hybridized carbons (Fsp3) is 0.462. The Hall–Kier alpha value is -2.86. The summed E-state index contributed by atoms with van der Waals surface area (Å²) in [7, 11) is 0. The Morgan fingerprint density at radius 3 is 2.31 bits per heavy atom. The summed E-state index contributed by atoms with van der Waals surface area (Å²) < 4.78 is 0. The van der Waals surface area contributed by atoms with Crippen LogP contribution in [0.15, 0.2) is 48.5 Å². The van der Waals surface area contributed by atoms with Gasteiger partial charge in [-0.05, 0) is 80.8 Å². The highest BCUT2D eigenvalue weighted by molar-refractivity contribution is 6.01. The molecule has 2 fully saturated rings. The van der Waals surface area contributed by atoms with E-state index in [-0.39, 0.29) is 11.8 Å². The number of aryl methyl sites for hydroxylation is 1. The molecule has 0 bridgehead atoms. The molecule has 6 heteroatoms. The van der Waals surface area contributed by atoms with Gasteiger partial charge in [-0.25, -0.2) is 0 Å². The average Bonchev–Trinajstić information content (AvgIpc) is 2.83. The normalized spacial score (nSPS) is 18.8. The van der Waals surface area contributed by atoms with E-state index in [2.05, 4.69) is 10.6 Å². The van der Waals surface area contributed by atoms with Crippen molar-refractivity contribution in [3.63, 3.8) is 0 Å². The molecule has 2 amide bonds. The lowest BCUT2D eigenvalue weighted by Crippen LogP contribution is -2.47. The number of benzene rings is 2. The first-order valence-corrected chi connectivity index (χ1v) is 11.7. The molecule has 0 aromatic heterocycles. The number of rotatable bonds is 5. The number of nitrogen functional groups attached to an aromatic ring is 1. The minimum Gasteiger partial charge on any atom is -0.398 e. The first kappa shape index (κ1) is 22.3. The Kier molecular flexibility index (Phi) is 7.10. The minimum atomic E-state index is -0.722. The van der Waals surface area contributed by atoms with Crippen LogP contribution in [0.1, 0.15) is 53.2 Å². The van der Waals surface area contributed by atoms with E-state index < -0.39 is 6.04 Å². The van der Waals surface area contributed by atoms with Crippen molar-refractivity contribution in [3.05, 3.63) is 65.2 Å². The van der Waals surface area contributed by atoms with Crippen molar-refractivity contribution >= 4 is 17.5 Å². The molecule has 0 spiro atoms. The standard InChI is InChI=1S/C26H34N4O2/c1-18-7-8-22(23(27)17-18)25(31)29-24(21-5-3-2-4-6-21)26(32)30-15-11-20(12-16-30)19-9-13-28-14-10-19/h2-8,17,19-20,24,28H,9-16,27H2,1H3,(H,29,31). The summed E-state index contributed by atoms with van der Waals surface area (Å²) in [6, 6.07) is 14.1. The van der Waals surface area contributed by atoms with Crippen LogP contribution in [0.5, 0.6) is 0 Å². The van der Waals surface area contributed by atoms with Gasteiger partial charge in [0.25, 0.3) is 5.91 Å². The molecule has 6 nitrogen and oxygen atoms in total. The maximum absolute atomic E-state index is 13.6. The van der Waals surface area contributed by atoms with E-state index in [9.17, 15) is 9.59 Å². The maximum Gasteiger partial charge on any atom is 0.254 e. The number of nitrogens with one attached hydrogen (secondary N) is 2. The van der Waals surface area contributed by atoms with Crippen LogP contribution in [0.2, 0.25) is 0 Å². The number of likely N-dealkylation sites (tertiary alicyclic amines) is 1. The van der Waals surface area contributed by atoms with Gasteiger partial charge in [0.2, 0.25) is 5.91 Å². The number of hydrogen-bond acceptors (Lipinski definition) is 4. The monoisotopic (exact) mass is 434 g/mol. The van der Waals surface area contributed by atoms with E-state index in [0.29, 0.717) is 17.2 Å². The van der Waals surface area contributed by atoms with Crippen LogP contribution in [0.25, 0.3) is 0 Å². The van der Waals surface area contributed by atoms with E-state index >= 15 is 0 Å². The summed E-state index contributed by atoms with van der Waals surface area (Å²) in [4.78, 5) is 28.5. The van der Waals surface area contributed by atoms with Crippen LogP contribution in [-0.2, 0) is 4.79 Å². The predicted octanol–water partition coefficient (Wildman–Crippen LogP) is 3.29. The Balaban J connectivity index is 1.47. The van der Waals surface area contributed by atoms with Gasteiger partial charge in [-0.15, -0.1) is 0 Å². The molecule has 2 saturated heterocycles. The van der Waals surface area contributed by atoms with Crippen LogP contribution in [0, 0.1) is 18.8 Å². The van der Waals surface area contributed by atoms with Gasteiger partial charge in [0.1, 0.15) is 6.04 Å². The first-order chi connectivity index (χ1) is 15.5. The highest BCUT2D eigenvalue weighted by Crippen LogP contribution is 2.32. The van der Waals surface area contributed by atoms with Crippen molar-refractivity contribution in [2.45, 2.75) is 38.6 Å². The van der Waals surface area contributed by atoms with Crippen LogP contribution in [0.3, 0.4) is 0 Å². The molecule has 2 aromatic carbocycles. The molecule has 2 heterocycles. The lowest BCUT2D eigenvalue weighted by molar-refractivity contribution is -0.135. The molecule has 170 valence electrons. The fourth-order valence-corrected chi connectivity index (χ4v) is 5.12. The number of nitrogens with zero attached hydrogens (tertiary/aromatic N) is 1. The van der Waals surface area contributed by atoms with Crippen molar-refractivity contribution in [2.24, 2.45) is 11.8 Å². The number of nitrogens with two attached hydrogens (primary N) is 1. The fourth-order valence-electron chi connectivity index (χ4n) is 5.12. The third-order valence-electron chi connectivity index (χ3n) is 7.01. The van der Waals surface area contributed by atoms with Crippen molar-refractivity contribution in [2.75, 3.05) is 31.9 Å². The van der Waals surface area contributed by atoms with Crippen molar-refractivity contribution in [1.82, 2.24) is 15.5 Å². The summed E-state index contributed by atoms with van der Waals surface area (Å²) in [6.45, 7) is 5.64. The van der Waals surface area contributed by atoms with Gasteiger partial charge >= 0.3 is 0 Å². The molecule has 1 atom stereocenters. The third kappa shape index (κ3) is 5.13. The van der Waals surface area contributed by atoms with E-state index in [1.165, 1.54) is 12.8 Å². The molecular weight excluding hydrogens is 400 g/mol. The van der Waals surface area contributed by atoms with Crippen molar-refractivity contribution in [3.8, 4) is 0 Å². The number of carbonyl (C=O) groups excluding carboxylic acids is 2. The number of amides is 2. The Bertz CT molecular complexity index is 932. The number of piperidine rings is 2. The SMILES string of the molecule is Cc1ccc(C(=O)NC(C(=O)N2CCC(C3CCNCC3)CC2)c2ccccc2)c(N)c1. The minimum absolute atomic E-state index is 0.0426. The first-order valence-electron chi connectivity index (χ1n) is 11.7. The molecule has 0 radical (unpaired) electrons. The third-order valence-corrected chi connectivity index (χ3v) is 7.01. The number of carbonyl (C=O) groups is 2. The van der Waals surface area contributed by atoms with Gasteiger partial charge in [0.05, 0.1) is 5.56 Å². The quantitative estimate of drug-likeness (QED) is 0.630. The lowest BCUT2D eigenvalue weighted by Gasteiger charge is -2.39. The summed E-state index contributed by atoms with van der Waals surface area (Å²) in [6.07, 6.45) is 4.55. The zero-order valence-electron chi connectivity index (χ0n) is 18.8. The molecule has 1 unspecified atom stereocenters. The summed E-state index contributed by atoms with van der Waals surface area (Å²) >= 11 is 0. The van der Waals surface area contributed by atoms with Crippen LogP contribution >= 0.6 is 0 Å². The van der Waals surface area contributed by atoms with Crippen LogP contribution in [-0.4, -0.2) is 42.9 Å². The Morgan fingerprint density at radius 2 is 1.66 bits per heavy atom. The smallest absolute Gasteiger partial charge is 0.254 e. The second-order valence-electron chi connectivity index (χ2n) is 9.16. The largest absolute Gasteiger partial charge is 0.398 e. The van der Waals surface area contributed by atoms with Gasteiger partial charge in [-0.2, -0.15) is 0 Å². The van der Waals surface area contributed by atoms with Crippen molar-refractivity contribution < 1.29 is 9.59 Å². The molecule has 2 aliphatic rings. The van der Waals surface area contributed by atoms with Gasteiger partial charge in [0.15, 0.2) is 0 Å². The van der Waals surface area contributed by atoms with Gasteiger partial charge in [-0.1, -0.05) is 36.4 Å². The van der Waals surface area contributed by atoms with Crippen LogP contribution in [0.4, 0.5) is 5.69 Å². The lowest BCUT2D eigenvalue weighted by atomic mass is 9.79. The zero-order valence-corrected chi connectivity index (χ0v) is 18.8. The van der Waals surface area contributed by atoms with Gasteiger partial charge in [0, 0.05) is 18.8 Å². The zero-order chi connectivity index (χ0) is 22.5. The molecule has 4 N–H and O–H groups in total. The van der Waals surface area contributed by atoms with E-state index in [0.717, 1.165) is 56.1 Å². The molecule has 0 aliphatic carbocycles. The molecule has 0 saturated carbocycles. The van der Waals surface area contributed by atoms with Gasteiger partial charge in [-0.3, -0.25) is 9.59 Å². The van der Waals surface area contributed by atoms with Gasteiger partial charge < -0.3 is 21.3 Å². The maximum atomic E-state index is 13.6. The molecular formula is C26H34N4O2. The summed E-state index contributed by atoms with van der Waals surface area (Å²) in [5.74, 6) is 1.09. The highest BCUT2D eigenvalue weighted by atomic mass is 16.2. The molecule has 32 heavy (non-hydrogen) atoms.